The van der Waals surface area contributed by atoms with Crippen LogP contribution in [0.3, 0.4) is 0 Å². The average molecular weight is 388 g/mol. The number of benzene rings is 2. The summed E-state index contributed by atoms with van der Waals surface area (Å²) in [6.07, 6.45) is 1.45. The Kier molecular flexibility index (Phi) is 5.77. The van der Waals surface area contributed by atoms with Crippen molar-refractivity contribution in [3.63, 3.8) is 0 Å². The number of carbonyl (C=O) groups excluding carboxylic acids is 1. The SMILES string of the molecule is CCOC(=O)c1ccc(Nc2cnnc(Nc3ccc(F)c(Cl)c3)n2)cc1. The van der Waals surface area contributed by atoms with Gasteiger partial charge in [-0.05, 0) is 49.4 Å². The second-order valence-corrected chi connectivity index (χ2v) is 5.75. The Morgan fingerprint density at radius 1 is 1.15 bits per heavy atom. The van der Waals surface area contributed by atoms with E-state index in [9.17, 15) is 9.18 Å². The molecule has 0 amide bonds. The minimum atomic E-state index is -0.511. The van der Waals surface area contributed by atoms with Crippen molar-refractivity contribution in [2.75, 3.05) is 17.2 Å². The number of hydrogen-bond donors (Lipinski definition) is 2. The van der Waals surface area contributed by atoms with Gasteiger partial charge in [-0.15, -0.1) is 5.10 Å². The van der Waals surface area contributed by atoms with E-state index in [1.165, 1.54) is 24.4 Å². The molecule has 2 aromatic carbocycles. The molecule has 0 aliphatic rings. The number of halogens is 2. The summed E-state index contributed by atoms with van der Waals surface area (Å²) in [5.41, 5.74) is 1.69. The second kappa shape index (κ2) is 8.41. The van der Waals surface area contributed by atoms with Crippen LogP contribution in [0.25, 0.3) is 0 Å². The maximum absolute atomic E-state index is 13.2. The van der Waals surface area contributed by atoms with Crippen molar-refractivity contribution >= 4 is 40.7 Å². The molecule has 7 nitrogen and oxygen atoms in total. The molecule has 3 aromatic rings. The first-order valence-electron chi connectivity index (χ1n) is 8.01. The van der Waals surface area contributed by atoms with Crippen LogP contribution in [0.15, 0.2) is 48.7 Å². The smallest absolute Gasteiger partial charge is 0.338 e. The Balaban J connectivity index is 1.70. The third-order valence-electron chi connectivity index (χ3n) is 3.40. The fourth-order valence-corrected chi connectivity index (χ4v) is 2.35. The highest BCUT2D eigenvalue weighted by Crippen LogP contribution is 2.22. The summed E-state index contributed by atoms with van der Waals surface area (Å²) in [4.78, 5) is 15.9. The monoisotopic (exact) mass is 387 g/mol. The first kappa shape index (κ1) is 18.5. The van der Waals surface area contributed by atoms with Crippen molar-refractivity contribution in [2.24, 2.45) is 0 Å². The van der Waals surface area contributed by atoms with E-state index in [-0.39, 0.29) is 16.9 Å². The number of aromatic nitrogens is 3. The minimum absolute atomic E-state index is 0.0103. The highest BCUT2D eigenvalue weighted by molar-refractivity contribution is 6.31. The van der Waals surface area contributed by atoms with Crippen LogP contribution in [0.2, 0.25) is 5.02 Å². The molecule has 138 valence electrons. The van der Waals surface area contributed by atoms with Crippen LogP contribution in [0.5, 0.6) is 0 Å². The van der Waals surface area contributed by atoms with E-state index in [2.05, 4.69) is 25.8 Å². The number of anilines is 4. The maximum Gasteiger partial charge on any atom is 0.338 e. The first-order chi connectivity index (χ1) is 13.0. The van der Waals surface area contributed by atoms with Crippen LogP contribution in [-0.4, -0.2) is 27.8 Å². The van der Waals surface area contributed by atoms with Crippen LogP contribution in [0.1, 0.15) is 17.3 Å². The number of esters is 1. The lowest BCUT2D eigenvalue weighted by Crippen LogP contribution is -2.05. The molecule has 0 saturated heterocycles. The largest absolute Gasteiger partial charge is 0.462 e. The van der Waals surface area contributed by atoms with Gasteiger partial charge in [-0.25, -0.2) is 9.18 Å². The lowest BCUT2D eigenvalue weighted by molar-refractivity contribution is 0.0526. The van der Waals surface area contributed by atoms with Gasteiger partial charge in [-0.1, -0.05) is 11.6 Å². The van der Waals surface area contributed by atoms with Crippen molar-refractivity contribution in [3.8, 4) is 0 Å². The fraction of sp³-hybridized carbons (Fsp3) is 0.111. The van der Waals surface area contributed by atoms with E-state index < -0.39 is 5.82 Å². The van der Waals surface area contributed by atoms with Gasteiger partial charge in [0.25, 0.3) is 0 Å². The number of hydrogen-bond acceptors (Lipinski definition) is 7. The van der Waals surface area contributed by atoms with Gasteiger partial charge in [0.15, 0.2) is 5.82 Å². The Morgan fingerprint density at radius 3 is 2.59 bits per heavy atom. The topological polar surface area (TPSA) is 89.0 Å². The van der Waals surface area contributed by atoms with Crippen molar-refractivity contribution in [1.82, 2.24) is 15.2 Å². The third-order valence-corrected chi connectivity index (χ3v) is 3.69. The normalized spacial score (nSPS) is 10.3. The predicted molar refractivity (Wildman–Crippen MR) is 100 cm³/mol. The molecule has 0 aliphatic carbocycles. The zero-order valence-electron chi connectivity index (χ0n) is 14.2. The van der Waals surface area contributed by atoms with Crippen molar-refractivity contribution < 1.29 is 13.9 Å². The maximum atomic E-state index is 13.2. The zero-order chi connectivity index (χ0) is 19.2. The summed E-state index contributed by atoms with van der Waals surface area (Å²) in [5.74, 6) is -0.240. The van der Waals surface area contributed by atoms with Crippen molar-refractivity contribution in [2.45, 2.75) is 6.92 Å². The summed E-state index contributed by atoms with van der Waals surface area (Å²) < 4.78 is 18.2. The molecule has 0 bridgehead atoms. The van der Waals surface area contributed by atoms with E-state index in [4.69, 9.17) is 16.3 Å². The molecular weight excluding hydrogens is 373 g/mol. The van der Waals surface area contributed by atoms with Gasteiger partial charge in [0.05, 0.1) is 23.4 Å². The van der Waals surface area contributed by atoms with Crippen LogP contribution in [-0.2, 0) is 4.74 Å². The molecule has 0 aliphatic heterocycles. The van der Waals surface area contributed by atoms with E-state index in [0.717, 1.165) is 0 Å². The molecule has 9 heteroatoms. The second-order valence-electron chi connectivity index (χ2n) is 5.34. The molecule has 0 saturated carbocycles. The van der Waals surface area contributed by atoms with Gasteiger partial charge in [0, 0.05) is 11.4 Å². The Morgan fingerprint density at radius 2 is 1.89 bits per heavy atom. The van der Waals surface area contributed by atoms with Gasteiger partial charge < -0.3 is 15.4 Å². The number of nitrogens with zero attached hydrogens (tertiary/aromatic N) is 3. The van der Waals surface area contributed by atoms with Gasteiger partial charge in [0.1, 0.15) is 5.82 Å². The van der Waals surface area contributed by atoms with Crippen LogP contribution < -0.4 is 10.6 Å². The molecule has 0 unspecified atom stereocenters. The van der Waals surface area contributed by atoms with Crippen molar-refractivity contribution in [1.29, 1.82) is 0 Å². The summed E-state index contributed by atoms with van der Waals surface area (Å²) in [6.45, 7) is 2.07. The number of nitrogens with one attached hydrogen (secondary N) is 2. The minimum Gasteiger partial charge on any atom is -0.462 e. The summed E-state index contributed by atoms with van der Waals surface area (Å²) >= 11 is 5.76. The molecule has 3 rings (SSSR count). The van der Waals surface area contributed by atoms with E-state index in [1.54, 1.807) is 31.2 Å². The summed E-state index contributed by atoms with van der Waals surface area (Å²) in [6, 6.07) is 10.9. The average Bonchev–Trinajstić information content (AvgIpc) is 2.66. The van der Waals surface area contributed by atoms with Gasteiger partial charge in [0.2, 0.25) is 5.95 Å². The van der Waals surface area contributed by atoms with E-state index >= 15 is 0 Å². The Hall–Kier alpha value is -3.26. The van der Waals surface area contributed by atoms with Gasteiger partial charge in [-0.2, -0.15) is 10.1 Å². The standard InChI is InChI=1S/C18H15ClFN5O2/c1-2-27-17(26)11-3-5-12(6-4-11)22-16-10-21-25-18(24-16)23-13-7-8-15(20)14(19)9-13/h3-10H,2H2,1H3,(H2,22,23,24,25). The van der Waals surface area contributed by atoms with E-state index in [0.29, 0.717) is 29.4 Å². The van der Waals surface area contributed by atoms with E-state index in [1.807, 2.05) is 0 Å². The van der Waals surface area contributed by atoms with Gasteiger partial charge in [-0.3, -0.25) is 0 Å². The van der Waals surface area contributed by atoms with Crippen LogP contribution in [0, 0.1) is 5.82 Å². The highest BCUT2D eigenvalue weighted by atomic mass is 35.5. The number of carbonyl (C=O) groups is 1. The Bertz CT molecular complexity index is 953. The predicted octanol–water partition coefficient (Wildman–Crippen LogP) is 4.33. The molecule has 0 spiro atoms. The summed E-state index contributed by atoms with van der Waals surface area (Å²) in [5, 5.41) is 13.7. The molecular formula is C18H15ClFN5O2. The van der Waals surface area contributed by atoms with Crippen LogP contribution >= 0.6 is 11.6 Å². The molecule has 0 fully saturated rings. The zero-order valence-corrected chi connectivity index (χ0v) is 15.0. The molecule has 0 atom stereocenters. The molecule has 1 heterocycles. The lowest BCUT2D eigenvalue weighted by atomic mass is 10.2. The van der Waals surface area contributed by atoms with Crippen LogP contribution in [0.4, 0.5) is 27.5 Å². The first-order valence-corrected chi connectivity index (χ1v) is 8.39. The molecule has 2 N–H and O–H groups in total. The Labute approximate surface area is 159 Å². The number of rotatable bonds is 6. The lowest BCUT2D eigenvalue weighted by Gasteiger charge is -2.09. The fourth-order valence-electron chi connectivity index (χ4n) is 2.17. The molecule has 1 aromatic heterocycles. The molecule has 0 radical (unpaired) electrons. The van der Waals surface area contributed by atoms with Crippen molar-refractivity contribution in [3.05, 3.63) is 65.1 Å². The summed E-state index contributed by atoms with van der Waals surface area (Å²) in [7, 11) is 0. The van der Waals surface area contributed by atoms with Gasteiger partial charge >= 0.3 is 5.97 Å². The molecule has 27 heavy (non-hydrogen) atoms. The third kappa shape index (κ3) is 4.89. The number of ether oxygens (including phenoxy) is 1. The quantitative estimate of drug-likeness (QED) is 0.608. The highest BCUT2D eigenvalue weighted by Gasteiger charge is 2.07.